The number of amides is 1. The molecule has 5 nitrogen and oxygen atoms in total. The van der Waals surface area contributed by atoms with Crippen LogP contribution in [0.15, 0.2) is 72.5 Å². The quantitative estimate of drug-likeness (QED) is 0.513. The Morgan fingerprint density at radius 3 is 2.61 bits per heavy atom. The van der Waals surface area contributed by atoms with Gasteiger partial charge in [0.1, 0.15) is 17.3 Å². The number of rotatable bonds is 5. The molecule has 2 aliphatic carbocycles. The van der Waals surface area contributed by atoms with E-state index in [9.17, 15) is 13.6 Å². The lowest BCUT2D eigenvalue weighted by atomic mass is 10.1. The van der Waals surface area contributed by atoms with E-state index in [1.807, 2.05) is 18.5 Å². The van der Waals surface area contributed by atoms with Gasteiger partial charge in [0.2, 0.25) is 0 Å². The highest BCUT2D eigenvalue weighted by Crippen LogP contribution is 2.37. The molecule has 33 heavy (non-hydrogen) atoms. The number of allylic oxidation sites excluding steroid dienone is 3. The van der Waals surface area contributed by atoms with Gasteiger partial charge in [-0.3, -0.25) is 4.79 Å². The SMILES string of the molecule is O=C(NC1=C(F)CCC=C1)c1cccc(-c2c(-c3ccc(F)cc3)ncn2C2CCCC2)n1. The average molecular weight is 447 g/mol. The van der Waals surface area contributed by atoms with Crippen molar-refractivity contribution in [1.29, 1.82) is 0 Å². The van der Waals surface area contributed by atoms with E-state index in [-0.39, 0.29) is 29.5 Å². The molecule has 7 heteroatoms. The highest BCUT2D eigenvalue weighted by molar-refractivity contribution is 5.94. The Balaban J connectivity index is 1.54. The molecule has 0 aliphatic heterocycles. The van der Waals surface area contributed by atoms with Crippen LogP contribution in [0.1, 0.15) is 55.1 Å². The molecular weight excluding hydrogens is 422 g/mol. The molecule has 2 aliphatic rings. The van der Waals surface area contributed by atoms with Crippen LogP contribution in [-0.2, 0) is 0 Å². The second kappa shape index (κ2) is 9.10. The zero-order chi connectivity index (χ0) is 22.8. The number of carbonyl (C=O) groups is 1. The Bertz CT molecular complexity index is 1240. The van der Waals surface area contributed by atoms with Crippen LogP contribution in [0.4, 0.5) is 8.78 Å². The molecule has 0 radical (unpaired) electrons. The zero-order valence-corrected chi connectivity index (χ0v) is 18.1. The molecule has 2 heterocycles. The summed E-state index contributed by atoms with van der Waals surface area (Å²) in [5, 5.41) is 2.63. The van der Waals surface area contributed by atoms with Crippen LogP contribution < -0.4 is 5.32 Å². The first-order valence-electron chi connectivity index (χ1n) is 11.3. The van der Waals surface area contributed by atoms with Crippen molar-refractivity contribution in [1.82, 2.24) is 19.9 Å². The number of halogens is 2. The Morgan fingerprint density at radius 2 is 1.85 bits per heavy atom. The molecule has 1 N–H and O–H groups in total. The number of carbonyl (C=O) groups excluding carboxylic acids is 1. The molecule has 1 fully saturated rings. The first-order chi connectivity index (χ1) is 16.1. The van der Waals surface area contributed by atoms with E-state index < -0.39 is 5.91 Å². The summed E-state index contributed by atoms with van der Waals surface area (Å²) in [7, 11) is 0. The Hall–Kier alpha value is -3.61. The van der Waals surface area contributed by atoms with Crippen molar-refractivity contribution < 1.29 is 13.6 Å². The summed E-state index contributed by atoms with van der Waals surface area (Å²) in [4.78, 5) is 22.1. The molecule has 5 rings (SSSR count). The van der Waals surface area contributed by atoms with Crippen LogP contribution in [0.2, 0.25) is 0 Å². The highest BCUT2D eigenvalue weighted by Gasteiger charge is 2.25. The third-order valence-electron chi connectivity index (χ3n) is 6.21. The largest absolute Gasteiger partial charge is 0.326 e. The molecule has 0 unspecified atom stereocenters. The van der Waals surface area contributed by atoms with Gasteiger partial charge >= 0.3 is 0 Å². The Morgan fingerprint density at radius 1 is 1.06 bits per heavy atom. The Labute approximate surface area is 190 Å². The van der Waals surface area contributed by atoms with Crippen LogP contribution in [0.5, 0.6) is 0 Å². The second-order valence-electron chi connectivity index (χ2n) is 8.42. The average Bonchev–Trinajstić information content (AvgIpc) is 3.51. The number of pyridine rings is 1. The maximum absolute atomic E-state index is 14.1. The van der Waals surface area contributed by atoms with E-state index in [0.717, 1.165) is 36.9 Å². The number of hydrogen-bond acceptors (Lipinski definition) is 3. The van der Waals surface area contributed by atoms with Gasteiger partial charge in [0.05, 0.1) is 29.1 Å². The highest BCUT2D eigenvalue weighted by atomic mass is 19.1. The maximum atomic E-state index is 14.1. The molecule has 168 valence electrons. The van der Waals surface area contributed by atoms with Gasteiger partial charge in [-0.25, -0.2) is 18.7 Å². The molecule has 1 saturated carbocycles. The van der Waals surface area contributed by atoms with Gasteiger partial charge in [0.25, 0.3) is 5.91 Å². The van der Waals surface area contributed by atoms with Gasteiger partial charge in [-0.15, -0.1) is 0 Å². The van der Waals surface area contributed by atoms with Crippen molar-refractivity contribution in [3.05, 3.63) is 84.0 Å². The monoisotopic (exact) mass is 446 g/mol. The fraction of sp³-hybridized carbons (Fsp3) is 0.269. The number of imidazole rings is 1. The second-order valence-corrected chi connectivity index (χ2v) is 8.42. The van der Waals surface area contributed by atoms with Gasteiger partial charge in [-0.05, 0) is 61.7 Å². The molecule has 0 saturated heterocycles. The minimum absolute atomic E-state index is 0.182. The van der Waals surface area contributed by atoms with Crippen molar-refractivity contribution in [2.24, 2.45) is 0 Å². The molecule has 1 aromatic carbocycles. The summed E-state index contributed by atoms with van der Waals surface area (Å²) in [5.74, 6) is -1.12. The number of hydrogen-bond donors (Lipinski definition) is 1. The van der Waals surface area contributed by atoms with Gasteiger partial charge in [-0.1, -0.05) is 25.0 Å². The summed E-state index contributed by atoms with van der Waals surface area (Å²) < 4.78 is 29.7. The third kappa shape index (κ3) is 4.35. The molecule has 0 atom stereocenters. The number of benzene rings is 1. The van der Waals surface area contributed by atoms with Crippen molar-refractivity contribution in [2.45, 2.75) is 44.6 Å². The number of nitrogens with one attached hydrogen (secondary N) is 1. The van der Waals surface area contributed by atoms with E-state index in [1.54, 1.807) is 30.3 Å². The first-order valence-corrected chi connectivity index (χ1v) is 11.3. The van der Waals surface area contributed by atoms with E-state index >= 15 is 0 Å². The number of aromatic nitrogens is 3. The lowest BCUT2D eigenvalue weighted by molar-refractivity contribution is 0.0961. The van der Waals surface area contributed by atoms with E-state index in [0.29, 0.717) is 23.9 Å². The predicted octanol–water partition coefficient (Wildman–Crippen LogP) is 6.13. The summed E-state index contributed by atoms with van der Waals surface area (Å²) in [6.45, 7) is 0. The van der Waals surface area contributed by atoms with Crippen LogP contribution in [0, 0.1) is 5.82 Å². The van der Waals surface area contributed by atoms with Gasteiger partial charge in [0, 0.05) is 18.0 Å². The minimum atomic E-state index is -0.469. The van der Waals surface area contributed by atoms with Gasteiger partial charge in [-0.2, -0.15) is 0 Å². The lowest BCUT2D eigenvalue weighted by Gasteiger charge is -2.17. The summed E-state index contributed by atoms with van der Waals surface area (Å²) in [5.41, 5.74) is 3.24. The zero-order valence-electron chi connectivity index (χ0n) is 18.1. The Kier molecular flexibility index (Phi) is 5.86. The minimum Gasteiger partial charge on any atom is -0.326 e. The molecule has 0 spiro atoms. The maximum Gasteiger partial charge on any atom is 0.274 e. The molecular formula is C26H24F2N4O. The summed E-state index contributed by atoms with van der Waals surface area (Å²) in [6.07, 6.45) is 10.5. The van der Waals surface area contributed by atoms with E-state index in [2.05, 4.69) is 19.9 Å². The standard InChI is InChI=1S/C26H24F2N4O/c27-18-14-12-17(13-15-18)24-25(32(16-29-24)19-6-1-2-7-19)22-10-5-11-23(30-22)26(33)31-21-9-4-3-8-20(21)28/h4-5,9-16,19H,1-3,6-8H2,(H,31,33). The third-order valence-corrected chi connectivity index (χ3v) is 6.21. The smallest absolute Gasteiger partial charge is 0.274 e. The molecule has 2 aromatic heterocycles. The van der Waals surface area contributed by atoms with Crippen LogP contribution in [0.3, 0.4) is 0 Å². The van der Waals surface area contributed by atoms with Crippen LogP contribution >= 0.6 is 0 Å². The molecule has 3 aromatic rings. The fourth-order valence-corrected chi connectivity index (χ4v) is 4.52. The topological polar surface area (TPSA) is 59.8 Å². The molecule has 0 bridgehead atoms. The van der Waals surface area contributed by atoms with E-state index in [1.165, 1.54) is 12.1 Å². The van der Waals surface area contributed by atoms with Crippen molar-refractivity contribution in [2.75, 3.05) is 0 Å². The summed E-state index contributed by atoms with van der Waals surface area (Å²) in [6, 6.07) is 11.7. The summed E-state index contributed by atoms with van der Waals surface area (Å²) >= 11 is 0. The number of nitrogens with zero attached hydrogens (tertiary/aromatic N) is 3. The van der Waals surface area contributed by atoms with Crippen molar-refractivity contribution in [3.63, 3.8) is 0 Å². The molecule has 1 amide bonds. The van der Waals surface area contributed by atoms with E-state index in [4.69, 9.17) is 0 Å². The van der Waals surface area contributed by atoms with Crippen LogP contribution in [0.25, 0.3) is 22.6 Å². The van der Waals surface area contributed by atoms with Crippen LogP contribution in [-0.4, -0.2) is 20.4 Å². The van der Waals surface area contributed by atoms with Crippen molar-refractivity contribution >= 4 is 5.91 Å². The first kappa shape index (κ1) is 21.2. The lowest BCUT2D eigenvalue weighted by Crippen LogP contribution is -2.24. The van der Waals surface area contributed by atoms with Crippen molar-refractivity contribution in [3.8, 4) is 22.6 Å². The normalized spacial score (nSPS) is 16.4. The van der Waals surface area contributed by atoms with Gasteiger partial charge in [0.15, 0.2) is 0 Å². The fourth-order valence-electron chi connectivity index (χ4n) is 4.52. The van der Waals surface area contributed by atoms with Gasteiger partial charge < -0.3 is 9.88 Å². The predicted molar refractivity (Wildman–Crippen MR) is 122 cm³/mol.